The molecule has 0 saturated carbocycles. The van der Waals surface area contributed by atoms with Gasteiger partial charge in [-0.15, -0.1) is 0 Å². The summed E-state index contributed by atoms with van der Waals surface area (Å²) in [6, 6.07) is 24.5. The number of carbonyl (C=O) groups excluding carboxylic acids is 1. The average molecular weight is 402 g/mol. The van der Waals surface area contributed by atoms with E-state index < -0.39 is 5.60 Å². The highest BCUT2D eigenvalue weighted by molar-refractivity contribution is 5.86. The van der Waals surface area contributed by atoms with Crippen LogP contribution < -0.4 is 5.32 Å². The molecule has 30 heavy (non-hydrogen) atoms. The van der Waals surface area contributed by atoms with Crippen molar-refractivity contribution in [3.8, 4) is 11.1 Å². The molecule has 1 saturated heterocycles. The summed E-state index contributed by atoms with van der Waals surface area (Å²) in [6.45, 7) is 2.50. The molecule has 1 atom stereocenters. The van der Waals surface area contributed by atoms with Gasteiger partial charge in [-0.3, -0.25) is 14.7 Å². The number of morpholine rings is 1. The fourth-order valence-electron chi connectivity index (χ4n) is 4.15. The number of likely N-dealkylation sites (N-methyl/N-ethyl adjacent to an activating group) is 1. The highest BCUT2D eigenvalue weighted by Crippen LogP contribution is 2.30. The van der Waals surface area contributed by atoms with E-state index in [1.807, 2.05) is 48.5 Å². The van der Waals surface area contributed by atoms with E-state index in [1.54, 1.807) is 13.2 Å². The number of rotatable bonds is 6. The molecular weight excluding hydrogens is 374 g/mol. The van der Waals surface area contributed by atoms with E-state index in [0.717, 1.165) is 28.9 Å². The van der Waals surface area contributed by atoms with Crippen molar-refractivity contribution in [3.05, 3.63) is 90.3 Å². The van der Waals surface area contributed by atoms with Gasteiger partial charge in [-0.1, -0.05) is 60.7 Å². The van der Waals surface area contributed by atoms with Crippen molar-refractivity contribution in [1.82, 2.24) is 15.2 Å². The lowest BCUT2D eigenvalue weighted by molar-refractivity contribution is -0.160. The number of nitrogens with one attached hydrogen (secondary N) is 1. The second-order valence-corrected chi connectivity index (χ2v) is 7.65. The summed E-state index contributed by atoms with van der Waals surface area (Å²) in [4.78, 5) is 19.8. The number of amides is 1. The molecule has 0 radical (unpaired) electrons. The number of ether oxygens (including phenoxy) is 1. The summed E-state index contributed by atoms with van der Waals surface area (Å²) in [5.41, 5.74) is 3.43. The van der Waals surface area contributed by atoms with Gasteiger partial charge in [0, 0.05) is 39.3 Å². The first-order valence-corrected chi connectivity index (χ1v) is 10.3. The van der Waals surface area contributed by atoms with Gasteiger partial charge in [0.1, 0.15) is 0 Å². The fourth-order valence-corrected chi connectivity index (χ4v) is 4.15. The van der Waals surface area contributed by atoms with E-state index in [0.29, 0.717) is 26.1 Å². The second kappa shape index (κ2) is 9.20. The molecule has 0 unspecified atom stereocenters. The Bertz CT molecular complexity index is 978. The van der Waals surface area contributed by atoms with Crippen LogP contribution in [0.3, 0.4) is 0 Å². The van der Waals surface area contributed by atoms with E-state index in [-0.39, 0.29) is 5.91 Å². The molecule has 1 aliphatic rings. The standard InChI is InChI=1S/C25H27N3O2/c1-26-24(29)25(19-28(15-16-30-25)18-22-12-7-8-14-27-22)17-21-11-5-6-13-23(21)20-9-3-2-4-10-20/h2-14H,15-19H2,1H3,(H,26,29)/t25-/m1/s1. The van der Waals surface area contributed by atoms with Crippen LogP contribution >= 0.6 is 0 Å². The SMILES string of the molecule is CNC(=O)[C@@]1(Cc2ccccc2-c2ccccc2)CN(Cc2ccccn2)CCO1. The zero-order valence-electron chi connectivity index (χ0n) is 17.3. The fraction of sp³-hybridized carbons (Fsp3) is 0.280. The molecule has 3 aromatic rings. The maximum Gasteiger partial charge on any atom is 0.253 e. The van der Waals surface area contributed by atoms with E-state index in [9.17, 15) is 4.79 Å². The lowest BCUT2D eigenvalue weighted by atomic mass is 9.87. The molecule has 1 N–H and O–H groups in total. The molecule has 0 spiro atoms. The minimum Gasteiger partial charge on any atom is -0.362 e. The van der Waals surface area contributed by atoms with Crippen molar-refractivity contribution >= 4 is 5.91 Å². The van der Waals surface area contributed by atoms with Crippen molar-refractivity contribution in [2.45, 2.75) is 18.6 Å². The Kier molecular flexibility index (Phi) is 6.21. The number of aromatic nitrogens is 1. The van der Waals surface area contributed by atoms with Crippen LogP contribution in [0.5, 0.6) is 0 Å². The van der Waals surface area contributed by atoms with Crippen molar-refractivity contribution in [2.24, 2.45) is 0 Å². The van der Waals surface area contributed by atoms with Crippen molar-refractivity contribution in [2.75, 3.05) is 26.7 Å². The summed E-state index contributed by atoms with van der Waals surface area (Å²) in [5.74, 6) is -0.0870. The third-order valence-electron chi connectivity index (χ3n) is 5.60. The number of hydrogen-bond acceptors (Lipinski definition) is 4. The zero-order chi connectivity index (χ0) is 20.8. The van der Waals surface area contributed by atoms with Crippen LogP contribution in [0.25, 0.3) is 11.1 Å². The van der Waals surface area contributed by atoms with Gasteiger partial charge in [0.15, 0.2) is 5.60 Å². The van der Waals surface area contributed by atoms with E-state index >= 15 is 0 Å². The Morgan fingerprint density at radius 3 is 2.60 bits per heavy atom. The molecule has 2 aromatic carbocycles. The van der Waals surface area contributed by atoms with E-state index in [4.69, 9.17) is 4.74 Å². The van der Waals surface area contributed by atoms with Gasteiger partial charge in [0.2, 0.25) is 0 Å². The highest BCUT2D eigenvalue weighted by Gasteiger charge is 2.43. The molecule has 2 heterocycles. The van der Waals surface area contributed by atoms with Crippen molar-refractivity contribution in [3.63, 3.8) is 0 Å². The highest BCUT2D eigenvalue weighted by atomic mass is 16.5. The van der Waals surface area contributed by atoms with Crippen LogP contribution in [0.15, 0.2) is 79.0 Å². The maximum absolute atomic E-state index is 13.1. The second-order valence-electron chi connectivity index (χ2n) is 7.65. The lowest BCUT2D eigenvalue weighted by Crippen LogP contribution is -2.60. The summed E-state index contributed by atoms with van der Waals surface area (Å²) in [7, 11) is 1.67. The minimum absolute atomic E-state index is 0.0870. The number of benzene rings is 2. The molecule has 5 nitrogen and oxygen atoms in total. The number of hydrogen-bond donors (Lipinski definition) is 1. The molecule has 1 aromatic heterocycles. The van der Waals surface area contributed by atoms with Crippen LogP contribution in [0.2, 0.25) is 0 Å². The smallest absolute Gasteiger partial charge is 0.253 e. The summed E-state index contributed by atoms with van der Waals surface area (Å²) >= 11 is 0. The van der Waals surface area contributed by atoms with Gasteiger partial charge >= 0.3 is 0 Å². The zero-order valence-corrected chi connectivity index (χ0v) is 17.3. The molecule has 1 aliphatic heterocycles. The molecule has 154 valence electrons. The van der Waals surface area contributed by atoms with Crippen LogP contribution in [0, 0.1) is 0 Å². The molecule has 1 fully saturated rings. The van der Waals surface area contributed by atoms with Crippen LogP contribution in [-0.2, 0) is 22.5 Å². The van der Waals surface area contributed by atoms with Crippen LogP contribution in [-0.4, -0.2) is 48.1 Å². The summed E-state index contributed by atoms with van der Waals surface area (Å²) < 4.78 is 6.21. The first-order chi connectivity index (χ1) is 14.7. The largest absolute Gasteiger partial charge is 0.362 e. The van der Waals surface area contributed by atoms with Gasteiger partial charge < -0.3 is 10.1 Å². The van der Waals surface area contributed by atoms with Gasteiger partial charge in [-0.2, -0.15) is 0 Å². The number of carbonyl (C=O) groups is 1. The predicted molar refractivity (Wildman–Crippen MR) is 118 cm³/mol. The quantitative estimate of drug-likeness (QED) is 0.689. The molecule has 5 heteroatoms. The average Bonchev–Trinajstić information content (AvgIpc) is 2.80. The Balaban J connectivity index is 1.63. The molecule has 1 amide bonds. The third kappa shape index (κ3) is 4.42. The first kappa shape index (κ1) is 20.3. The maximum atomic E-state index is 13.1. The van der Waals surface area contributed by atoms with E-state index in [2.05, 4.69) is 39.5 Å². The lowest BCUT2D eigenvalue weighted by Gasteiger charge is -2.41. The van der Waals surface area contributed by atoms with Gasteiger partial charge in [0.25, 0.3) is 5.91 Å². The molecule has 4 rings (SSSR count). The Hall–Kier alpha value is -3.02. The van der Waals surface area contributed by atoms with Crippen molar-refractivity contribution in [1.29, 1.82) is 0 Å². The summed E-state index contributed by atoms with van der Waals surface area (Å²) in [6.07, 6.45) is 2.31. The van der Waals surface area contributed by atoms with E-state index in [1.165, 1.54) is 0 Å². The Morgan fingerprint density at radius 1 is 1.07 bits per heavy atom. The van der Waals surface area contributed by atoms with Gasteiger partial charge in [0.05, 0.1) is 12.3 Å². The topological polar surface area (TPSA) is 54.5 Å². The monoisotopic (exact) mass is 401 g/mol. The number of nitrogens with zero attached hydrogens (tertiary/aromatic N) is 2. The Morgan fingerprint density at radius 2 is 1.83 bits per heavy atom. The minimum atomic E-state index is -0.938. The molecule has 0 aliphatic carbocycles. The third-order valence-corrected chi connectivity index (χ3v) is 5.60. The molecule has 0 bridgehead atoms. The van der Waals surface area contributed by atoms with Crippen LogP contribution in [0.4, 0.5) is 0 Å². The number of pyridine rings is 1. The van der Waals surface area contributed by atoms with Crippen molar-refractivity contribution < 1.29 is 9.53 Å². The van der Waals surface area contributed by atoms with Gasteiger partial charge in [-0.25, -0.2) is 0 Å². The predicted octanol–water partition coefficient (Wildman–Crippen LogP) is 3.31. The summed E-state index contributed by atoms with van der Waals surface area (Å²) in [5, 5.41) is 2.83. The van der Waals surface area contributed by atoms with Gasteiger partial charge in [-0.05, 0) is 28.8 Å². The normalized spacial score (nSPS) is 19.4. The molecular formula is C25H27N3O2. The Labute approximate surface area is 177 Å². The van der Waals surface area contributed by atoms with Crippen LogP contribution in [0.1, 0.15) is 11.3 Å². The first-order valence-electron chi connectivity index (χ1n) is 10.3.